The molecule has 0 aliphatic heterocycles. The van der Waals surface area contributed by atoms with Crippen molar-refractivity contribution >= 4 is 16.0 Å². The Kier molecular flexibility index (Phi) is 4.87. The lowest BCUT2D eigenvalue weighted by molar-refractivity contribution is -0.138. The lowest BCUT2D eigenvalue weighted by Gasteiger charge is -2.15. The van der Waals surface area contributed by atoms with Gasteiger partial charge in [-0.3, -0.25) is 4.79 Å². The van der Waals surface area contributed by atoms with Crippen LogP contribution in [0.25, 0.3) is 0 Å². The highest BCUT2D eigenvalue weighted by Crippen LogP contribution is 2.25. The van der Waals surface area contributed by atoms with E-state index in [-0.39, 0.29) is 17.1 Å². The molecule has 0 aliphatic carbocycles. The maximum absolute atomic E-state index is 12.2. The topological polar surface area (TPSA) is 124 Å². The highest BCUT2D eigenvalue weighted by Gasteiger charge is 2.25. The van der Waals surface area contributed by atoms with E-state index in [2.05, 4.69) is 4.72 Å². The summed E-state index contributed by atoms with van der Waals surface area (Å²) in [5.74, 6) is -2.10. The van der Waals surface area contributed by atoms with Crippen molar-refractivity contribution in [2.24, 2.45) is 0 Å². The molecule has 23 heavy (non-hydrogen) atoms. The molecular weight excluding hydrogens is 322 g/mol. The van der Waals surface area contributed by atoms with Crippen LogP contribution in [0.3, 0.4) is 0 Å². The molecule has 0 amide bonds. The van der Waals surface area contributed by atoms with Crippen LogP contribution >= 0.6 is 0 Å². The van der Waals surface area contributed by atoms with Gasteiger partial charge in [0, 0.05) is 0 Å². The molecule has 1 unspecified atom stereocenters. The number of nitrogens with one attached hydrogen (secondary N) is 1. The third-order valence-corrected chi connectivity index (χ3v) is 4.62. The Bertz CT molecular complexity index is 804. The first-order valence-corrected chi connectivity index (χ1v) is 8.09. The van der Waals surface area contributed by atoms with Gasteiger partial charge in [-0.1, -0.05) is 24.3 Å². The number of phenolic OH excluding ortho intramolecular Hbond substituents is 2. The number of benzene rings is 2. The molecule has 0 radical (unpaired) electrons. The van der Waals surface area contributed by atoms with Crippen molar-refractivity contribution in [1.82, 2.24) is 4.72 Å². The average molecular weight is 337 g/mol. The van der Waals surface area contributed by atoms with E-state index in [0.29, 0.717) is 5.56 Å². The Balaban J connectivity index is 2.22. The molecule has 8 heteroatoms. The lowest BCUT2D eigenvalue weighted by atomic mass is 10.1. The van der Waals surface area contributed by atoms with Crippen LogP contribution in [-0.4, -0.2) is 35.7 Å². The third-order valence-electron chi connectivity index (χ3n) is 3.13. The zero-order valence-electron chi connectivity index (χ0n) is 11.9. The normalized spacial score (nSPS) is 12.7. The Morgan fingerprint density at radius 2 is 1.70 bits per heavy atom. The van der Waals surface area contributed by atoms with Gasteiger partial charge in [-0.15, -0.1) is 0 Å². The van der Waals surface area contributed by atoms with Crippen LogP contribution in [0.4, 0.5) is 0 Å². The van der Waals surface area contributed by atoms with E-state index in [4.69, 9.17) is 0 Å². The SMILES string of the molecule is O=C(O)C(Cc1ccc(O)c(O)c1)NS(=O)(=O)c1ccccc1. The van der Waals surface area contributed by atoms with Gasteiger partial charge in [0.2, 0.25) is 10.0 Å². The van der Waals surface area contributed by atoms with Gasteiger partial charge in [-0.2, -0.15) is 4.72 Å². The summed E-state index contributed by atoms with van der Waals surface area (Å²) in [6.45, 7) is 0. The molecular formula is C15H15NO6S. The number of carboxylic acids is 1. The van der Waals surface area contributed by atoms with E-state index in [1.165, 1.54) is 42.5 Å². The van der Waals surface area contributed by atoms with Gasteiger partial charge in [-0.05, 0) is 36.2 Å². The number of hydrogen-bond acceptors (Lipinski definition) is 5. The molecule has 0 aliphatic rings. The number of aromatic hydroxyl groups is 2. The van der Waals surface area contributed by atoms with Gasteiger partial charge in [0.15, 0.2) is 11.5 Å². The molecule has 2 aromatic rings. The van der Waals surface area contributed by atoms with Gasteiger partial charge < -0.3 is 15.3 Å². The van der Waals surface area contributed by atoms with Crippen LogP contribution in [-0.2, 0) is 21.2 Å². The number of carbonyl (C=O) groups is 1. The molecule has 2 rings (SSSR count). The average Bonchev–Trinajstić information content (AvgIpc) is 2.51. The van der Waals surface area contributed by atoms with Crippen LogP contribution in [0.15, 0.2) is 53.4 Å². The molecule has 2 aromatic carbocycles. The fourth-order valence-corrected chi connectivity index (χ4v) is 3.18. The summed E-state index contributed by atoms with van der Waals surface area (Å²) >= 11 is 0. The Morgan fingerprint density at radius 1 is 1.04 bits per heavy atom. The van der Waals surface area contributed by atoms with Crippen molar-refractivity contribution in [3.63, 3.8) is 0 Å². The molecule has 0 heterocycles. The molecule has 4 N–H and O–H groups in total. The minimum Gasteiger partial charge on any atom is -0.504 e. The fraction of sp³-hybridized carbons (Fsp3) is 0.133. The first kappa shape index (κ1) is 16.8. The fourth-order valence-electron chi connectivity index (χ4n) is 1.97. The molecule has 0 spiro atoms. The van der Waals surface area contributed by atoms with Gasteiger partial charge in [0.1, 0.15) is 6.04 Å². The molecule has 0 saturated carbocycles. The minimum absolute atomic E-state index is 0.0418. The van der Waals surface area contributed by atoms with E-state index in [0.717, 1.165) is 0 Å². The summed E-state index contributed by atoms with van der Waals surface area (Å²) in [5.41, 5.74) is 0.364. The maximum atomic E-state index is 12.2. The summed E-state index contributed by atoms with van der Waals surface area (Å²) in [7, 11) is -3.99. The molecule has 7 nitrogen and oxygen atoms in total. The molecule has 0 fully saturated rings. The van der Waals surface area contributed by atoms with Crippen molar-refractivity contribution in [2.45, 2.75) is 17.4 Å². The van der Waals surface area contributed by atoms with Crippen LogP contribution in [0, 0.1) is 0 Å². The Hall–Kier alpha value is -2.58. The van der Waals surface area contributed by atoms with E-state index in [1.54, 1.807) is 6.07 Å². The number of carboxylic acid groups (broad SMARTS) is 1. The summed E-state index contributed by atoms with van der Waals surface area (Å²) in [5, 5.41) is 27.9. The van der Waals surface area contributed by atoms with Crippen molar-refractivity contribution in [2.75, 3.05) is 0 Å². The van der Waals surface area contributed by atoms with E-state index in [9.17, 15) is 28.5 Å². The molecule has 122 valence electrons. The first-order chi connectivity index (χ1) is 10.8. The zero-order valence-corrected chi connectivity index (χ0v) is 12.7. The largest absolute Gasteiger partial charge is 0.504 e. The van der Waals surface area contributed by atoms with Crippen molar-refractivity contribution < 1.29 is 28.5 Å². The zero-order chi connectivity index (χ0) is 17.0. The highest BCUT2D eigenvalue weighted by atomic mass is 32.2. The second-order valence-corrected chi connectivity index (χ2v) is 6.57. The second kappa shape index (κ2) is 6.67. The summed E-state index contributed by atoms with van der Waals surface area (Å²) < 4.78 is 26.5. The van der Waals surface area contributed by atoms with Crippen LogP contribution in [0.1, 0.15) is 5.56 Å². The number of phenols is 2. The third kappa shape index (κ3) is 4.21. The first-order valence-electron chi connectivity index (χ1n) is 6.60. The van der Waals surface area contributed by atoms with Crippen LogP contribution < -0.4 is 4.72 Å². The summed E-state index contributed by atoms with van der Waals surface area (Å²) in [4.78, 5) is 11.3. The number of hydrogen-bond donors (Lipinski definition) is 4. The van der Waals surface area contributed by atoms with Gasteiger partial charge in [0.05, 0.1) is 4.90 Å². The molecule has 0 aromatic heterocycles. The van der Waals surface area contributed by atoms with Crippen molar-refractivity contribution in [1.29, 1.82) is 0 Å². The minimum atomic E-state index is -3.99. The molecule has 1 atom stereocenters. The smallest absolute Gasteiger partial charge is 0.322 e. The van der Waals surface area contributed by atoms with Gasteiger partial charge in [-0.25, -0.2) is 8.42 Å². The van der Waals surface area contributed by atoms with Crippen LogP contribution in [0.5, 0.6) is 11.5 Å². The van der Waals surface area contributed by atoms with E-state index < -0.39 is 27.8 Å². The van der Waals surface area contributed by atoms with Gasteiger partial charge >= 0.3 is 5.97 Å². The standard InChI is InChI=1S/C15H15NO6S/c17-13-7-6-10(9-14(13)18)8-12(15(19)20)16-23(21,22)11-4-2-1-3-5-11/h1-7,9,12,16-18H,8H2,(H,19,20). The molecule has 0 saturated heterocycles. The predicted molar refractivity (Wildman–Crippen MR) is 81.7 cm³/mol. The number of rotatable bonds is 6. The quantitative estimate of drug-likeness (QED) is 0.585. The Labute approximate surface area is 132 Å². The van der Waals surface area contributed by atoms with Crippen molar-refractivity contribution in [3.05, 3.63) is 54.1 Å². The predicted octanol–water partition coefficient (Wildman–Crippen LogP) is 1.07. The van der Waals surface area contributed by atoms with Crippen molar-refractivity contribution in [3.8, 4) is 11.5 Å². The highest BCUT2D eigenvalue weighted by molar-refractivity contribution is 7.89. The maximum Gasteiger partial charge on any atom is 0.322 e. The number of aliphatic carboxylic acids is 1. The molecule has 0 bridgehead atoms. The van der Waals surface area contributed by atoms with E-state index in [1.807, 2.05) is 0 Å². The summed E-state index contributed by atoms with van der Waals surface area (Å²) in [6, 6.07) is 9.79. The van der Waals surface area contributed by atoms with E-state index >= 15 is 0 Å². The Morgan fingerprint density at radius 3 is 2.26 bits per heavy atom. The number of sulfonamides is 1. The summed E-state index contributed by atoms with van der Waals surface area (Å²) in [6.07, 6.45) is -0.185. The monoisotopic (exact) mass is 337 g/mol. The second-order valence-electron chi connectivity index (χ2n) is 4.85. The van der Waals surface area contributed by atoms with Gasteiger partial charge in [0.25, 0.3) is 0 Å². The lowest BCUT2D eigenvalue weighted by Crippen LogP contribution is -2.42. The van der Waals surface area contributed by atoms with Crippen LogP contribution in [0.2, 0.25) is 0 Å².